The molecular weight excluding hydrogens is 252 g/mol. The molecular formula is C12H13BrN2. The second-order valence-corrected chi connectivity index (χ2v) is 4.19. The maximum absolute atomic E-state index is 4.33. The van der Waals surface area contributed by atoms with Gasteiger partial charge in [0.15, 0.2) is 0 Å². The molecule has 0 radical (unpaired) electrons. The van der Waals surface area contributed by atoms with E-state index in [1.807, 2.05) is 29.1 Å². The molecule has 0 N–H and O–H groups in total. The van der Waals surface area contributed by atoms with Gasteiger partial charge in [0.2, 0.25) is 0 Å². The molecule has 0 atom stereocenters. The third kappa shape index (κ3) is 2.69. The van der Waals surface area contributed by atoms with Gasteiger partial charge in [0.25, 0.3) is 0 Å². The van der Waals surface area contributed by atoms with E-state index in [2.05, 4.69) is 39.4 Å². The van der Waals surface area contributed by atoms with Crippen molar-refractivity contribution in [2.75, 3.05) is 5.33 Å². The van der Waals surface area contributed by atoms with Gasteiger partial charge >= 0.3 is 0 Å². The van der Waals surface area contributed by atoms with Crippen LogP contribution in [0.15, 0.2) is 42.7 Å². The van der Waals surface area contributed by atoms with Crippen LogP contribution in [0, 0.1) is 0 Å². The quantitative estimate of drug-likeness (QED) is 0.775. The fourth-order valence-corrected chi connectivity index (χ4v) is 1.74. The predicted octanol–water partition coefficient (Wildman–Crippen LogP) is 3.34. The second kappa shape index (κ2) is 5.12. The molecule has 2 rings (SSSR count). The lowest BCUT2D eigenvalue weighted by Crippen LogP contribution is -1.97. The van der Waals surface area contributed by atoms with Gasteiger partial charge in [0, 0.05) is 23.6 Å². The molecule has 3 heteroatoms. The highest BCUT2D eigenvalue weighted by molar-refractivity contribution is 9.09. The third-order valence-corrected chi connectivity index (χ3v) is 2.82. The summed E-state index contributed by atoms with van der Waals surface area (Å²) in [5.74, 6) is 0. The number of hydrogen-bond acceptors (Lipinski definition) is 1. The normalized spacial score (nSPS) is 10.5. The highest BCUT2D eigenvalue weighted by Gasteiger charge is 1.99. The summed E-state index contributed by atoms with van der Waals surface area (Å²) in [5, 5.41) is 5.35. The van der Waals surface area contributed by atoms with E-state index < -0.39 is 0 Å². The number of hydrogen-bond donors (Lipinski definition) is 0. The van der Waals surface area contributed by atoms with E-state index >= 15 is 0 Å². The van der Waals surface area contributed by atoms with Crippen LogP contribution in [-0.2, 0) is 6.54 Å². The molecule has 0 bridgehead atoms. The van der Waals surface area contributed by atoms with Gasteiger partial charge in [0.05, 0.1) is 6.20 Å². The summed E-state index contributed by atoms with van der Waals surface area (Å²) in [7, 11) is 0. The van der Waals surface area contributed by atoms with Gasteiger partial charge in [-0.15, -0.1) is 0 Å². The van der Waals surface area contributed by atoms with Crippen molar-refractivity contribution >= 4 is 15.9 Å². The van der Waals surface area contributed by atoms with Gasteiger partial charge < -0.3 is 0 Å². The van der Waals surface area contributed by atoms with Crippen molar-refractivity contribution in [3.05, 3.63) is 42.7 Å². The zero-order valence-corrected chi connectivity index (χ0v) is 10.0. The minimum atomic E-state index is 0.970. The number of halogens is 1. The molecule has 1 aromatic carbocycles. The van der Waals surface area contributed by atoms with Gasteiger partial charge in [-0.25, -0.2) is 0 Å². The molecule has 0 amide bonds. The van der Waals surface area contributed by atoms with Crippen LogP contribution in [0.5, 0.6) is 0 Å². The number of nitrogens with zero attached hydrogens (tertiary/aromatic N) is 2. The number of aromatic nitrogens is 2. The molecule has 0 aliphatic rings. The summed E-state index contributed by atoms with van der Waals surface area (Å²) >= 11 is 3.42. The average molecular weight is 265 g/mol. The van der Waals surface area contributed by atoms with Gasteiger partial charge in [0.1, 0.15) is 0 Å². The van der Waals surface area contributed by atoms with E-state index in [4.69, 9.17) is 0 Å². The molecule has 0 aliphatic heterocycles. The van der Waals surface area contributed by atoms with E-state index in [9.17, 15) is 0 Å². The SMILES string of the molecule is BrCCCn1cc(-c2ccccc2)cn1. The summed E-state index contributed by atoms with van der Waals surface area (Å²) in [6, 6.07) is 10.3. The molecule has 0 fully saturated rings. The number of alkyl halides is 1. The average Bonchev–Trinajstić information content (AvgIpc) is 2.76. The van der Waals surface area contributed by atoms with Gasteiger partial charge in [-0.05, 0) is 12.0 Å². The van der Waals surface area contributed by atoms with E-state index in [1.165, 1.54) is 11.1 Å². The molecule has 15 heavy (non-hydrogen) atoms. The lowest BCUT2D eigenvalue weighted by Gasteiger charge is -1.97. The zero-order valence-electron chi connectivity index (χ0n) is 8.44. The Hall–Kier alpha value is -1.09. The zero-order chi connectivity index (χ0) is 10.5. The highest BCUT2D eigenvalue weighted by Crippen LogP contribution is 2.17. The summed E-state index contributed by atoms with van der Waals surface area (Å²) < 4.78 is 1.99. The Kier molecular flexibility index (Phi) is 3.56. The smallest absolute Gasteiger partial charge is 0.0568 e. The van der Waals surface area contributed by atoms with Crippen molar-refractivity contribution in [3.63, 3.8) is 0 Å². The largest absolute Gasteiger partial charge is 0.272 e. The third-order valence-electron chi connectivity index (χ3n) is 2.26. The van der Waals surface area contributed by atoms with Crippen molar-refractivity contribution in [1.29, 1.82) is 0 Å². The minimum absolute atomic E-state index is 0.970. The summed E-state index contributed by atoms with van der Waals surface area (Å²) in [6.45, 7) is 0.970. The maximum atomic E-state index is 4.33. The van der Waals surface area contributed by atoms with Crippen LogP contribution in [0.4, 0.5) is 0 Å². The monoisotopic (exact) mass is 264 g/mol. The van der Waals surface area contributed by atoms with Crippen LogP contribution < -0.4 is 0 Å². The first-order valence-corrected chi connectivity index (χ1v) is 6.16. The molecule has 2 nitrogen and oxygen atoms in total. The highest BCUT2D eigenvalue weighted by atomic mass is 79.9. The molecule has 0 unspecified atom stereocenters. The minimum Gasteiger partial charge on any atom is -0.272 e. The Morgan fingerprint density at radius 3 is 2.67 bits per heavy atom. The van der Waals surface area contributed by atoms with Crippen LogP contribution in [0.1, 0.15) is 6.42 Å². The van der Waals surface area contributed by atoms with Crippen molar-refractivity contribution in [2.24, 2.45) is 0 Å². The number of benzene rings is 1. The van der Waals surface area contributed by atoms with Crippen LogP contribution in [0.25, 0.3) is 11.1 Å². The van der Waals surface area contributed by atoms with Crippen molar-refractivity contribution < 1.29 is 0 Å². The number of rotatable bonds is 4. The summed E-state index contributed by atoms with van der Waals surface area (Å²) in [6.07, 6.45) is 5.12. The summed E-state index contributed by atoms with van der Waals surface area (Å²) in [5.41, 5.74) is 2.41. The standard InChI is InChI=1S/C12H13BrN2/c13-7-4-8-15-10-12(9-14-15)11-5-2-1-3-6-11/h1-3,5-6,9-10H,4,7-8H2. The molecule has 0 saturated heterocycles. The Balaban J connectivity index is 2.14. The van der Waals surface area contributed by atoms with Gasteiger partial charge in [-0.2, -0.15) is 5.10 Å². The number of aryl methyl sites for hydroxylation is 1. The lowest BCUT2D eigenvalue weighted by atomic mass is 10.1. The van der Waals surface area contributed by atoms with Crippen molar-refractivity contribution in [2.45, 2.75) is 13.0 Å². The fourth-order valence-electron chi connectivity index (χ4n) is 1.49. The van der Waals surface area contributed by atoms with Crippen LogP contribution in [0.3, 0.4) is 0 Å². The lowest BCUT2D eigenvalue weighted by molar-refractivity contribution is 0.607. The fraction of sp³-hybridized carbons (Fsp3) is 0.250. The summed E-state index contributed by atoms with van der Waals surface area (Å²) in [4.78, 5) is 0. The van der Waals surface area contributed by atoms with E-state index in [0.29, 0.717) is 0 Å². The maximum Gasteiger partial charge on any atom is 0.0568 e. The first kappa shape index (κ1) is 10.4. The van der Waals surface area contributed by atoms with Crippen molar-refractivity contribution in [3.8, 4) is 11.1 Å². The van der Waals surface area contributed by atoms with Gasteiger partial charge in [-0.1, -0.05) is 46.3 Å². The Morgan fingerprint density at radius 2 is 1.93 bits per heavy atom. The first-order valence-electron chi connectivity index (χ1n) is 5.04. The predicted molar refractivity (Wildman–Crippen MR) is 66.1 cm³/mol. The van der Waals surface area contributed by atoms with E-state index in [1.54, 1.807) is 0 Å². The van der Waals surface area contributed by atoms with Crippen LogP contribution in [-0.4, -0.2) is 15.1 Å². The van der Waals surface area contributed by atoms with E-state index in [0.717, 1.165) is 18.3 Å². The Morgan fingerprint density at radius 1 is 1.13 bits per heavy atom. The van der Waals surface area contributed by atoms with Crippen LogP contribution in [0.2, 0.25) is 0 Å². The Bertz CT molecular complexity index is 409. The van der Waals surface area contributed by atoms with E-state index in [-0.39, 0.29) is 0 Å². The molecule has 2 aromatic rings. The first-order chi connectivity index (χ1) is 7.40. The van der Waals surface area contributed by atoms with Crippen molar-refractivity contribution in [1.82, 2.24) is 9.78 Å². The van der Waals surface area contributed by atoms with Gasteiger partial charge in [-0.3, -0.25) is 4.68 Å². The molecule has 0 saturated carbocycles. The molecule has 1 aromatic heterocycles. The molecule has 0 spiro atoms. The Labute approximate surface area is 98.1 Å². The topological polar surface area (TPSA) is 17.8 Å². The molecule has 1 heterocycles. The molecule has 0 aliphatic carbocycles. The second-order valence-electron chi connectivity index (χ2n) is 3.40. The molecule has 78 valence electrons. The van der Waals surface area contributed by atoms with Crippen LogP contribution >= 0.6 is 15.9 Å².